The van der Waals surface area contributed by atoms with Crippen LogP contribution in [0.2, 0.25) is 0 Å². The molecule has 2 aromatic heterocycles. The minimum Gasteiger partial charge on any atom is -0.334 e. The predicted octanol–water partition coefficient (Wildman–Crippen LogP) is 4.09. The van der Waals surface area contributed by atoms with Crippen molar-refractivity contribution in [2.45, 2.75) is 16.3 Å². The largest absolute Gasteiger partial charge is 0.334 e. The van der Waals surface area contributed by atoms with Crippen LogP contribution < -0.4 is 10.6 Å². The molecule has 6 nitrogen and oxygen atoms in total. The highest BCUT2D eigenvalue weighted by Gasteiger charge is 2.17. The first kappa shape index (κ1) is 18.8. The summed E-state index contributed by atoms with van der Waals surface area (Å²) >= 11 is 0. The van der Waals surface area contributed by atoms with E-state index in [0.29, 0.717) is 12.2 Å². The van der Waals surface area contributed by atoms with Gasteiger partial charge in [0.05, 0.1) is 9.79 Å². The number of urea groups is 1. The van der Waals surface area contributed by atoms with Crippen molar-refractivity contribution < 1.29 is 13.2 Å². The second kappa shape index (κ2) is 7.81. The maximum atomic E-state index is 12.6. The van der Waals surface area contributed by atoms with Crippen molar-refractivity contribution in [1.29, 1.82) is 0 Å². The van der Waals surface area contributed by atoms with Crippen molar-refractivity contribution >= 4 is 27.1 Å². The fraction of sp³-hybridized carbons (Fsp3) is 0.0455. The highest BCUT2D eigenvalue weighted by molar-refractivity contribution is 7.91. The second-order valence-electron chi connectivity index (χ2n) is 6.53. The molecule has 2 aromatic carbocycles. The van der Waals surface area contributed by atoms with Crippen LogP contribution in [0.25, 0.3) is 5.52 Å². The lowest BCUT2D eigenvalue weighted by atomic mass is 10.2. The molecule has 7 heteroatoms. The van der Waals surface area contributed by atoms with Gasteiger partial charge in [-0.1, -0.05) is 24.3 Å². The van der Waals surface area contributed by atoms with Crippen molar-refractivity contribution in [2.75, 3.05) is 5.32 Å². The quantitative estimate of drug-likeness (QED) is 0.525. The predicted molar refractivity (Wildman–Crippen MR) is 112 cm³/mol. The Labute approximate surface area is 168 Å². The average Bonchev–Trinajstić information content (AvgIpc) is 3.21. The lowest BCUT2D eigenvalue weighted by molar-refractivity contribution is 0.251. The highest BCUT2D eigenvalue weighted by Crippen LogP contribution is 2.22. The van der Waals surface area contributed by atoms with Crippen molar-refractivity contribution in [2.24, 2.45) is 0 Å². The van der Waals surface area contributed by atoms with Gasteiger partial charge in [-0.05, 0) is 60.2 Å². The molecule has 146 valence electrons. The Kier molecular flexibility index (Phi) is 5.05. The summed E-state index contributed by atoms with van der Waals surface area (Å²) in [5, 5.41) is 5.50. The zero-order chi connectivity index (χ0) is 20.3. The third-order valence-electron chi connectivity index (χ3n) is 4.51. The summed E-state index contributed by atoms with van der Waals surface area (Å²) < 4.78 is 27.2. The molecular formula is C22H19N3O3S. The van der Waals surface area contributed by atoms with E-state index in [2.05, 4.69) is 10.6 Å². The maximum Gasteiger partial charge on any atom is 0.319 e. The van der Waals surface area contributed by atoms with Gasteiger partial charge in [-0.15, -0.1) is 0 Å². The lowest BCUT2D eigenvalue weighted by Crippen LogP contribution is -2.28. The Morgan fingerprint density at radius 2 is 1.55 bits per heavy atom. The normalized spacial score (nSPS) is 11.3. The first-order valence-electron chi connectivity index (χ1n) is 9.03. The average molecular weight is 405 g/mol. The number of nitrogens with zero attached hydrogens (tertiary/aromatic N) is 1. The Hall–Kier alpha value is -3.58. The van der Waals surface area contributed by atoms with Crippen LogP contribution >= 0.6 is 0 Å². The number of rotatable bonds is 5. The summed E-state index contributed by atoms with van der Waals surface area (Å²) in [5.74, 6) is 0. The molecule has 0 aliphatic rings. The minimum absolute atomic E-state index is 0.176. The number of carbonyl (C=O) groups is 1. The number of pyridine rings is 1. The Morgan fingerprint density at radius 1 is 0.828 bits per heavy atom. The summed E-state index contributed by atoms with van der Waals surface area (Å²) in [5.41, 5.74) is 2.56. The van der Waals surface area contributed by atoms with Crippen LogP contribution in [0.1, 0.15) is 5.56 Å². The molecule has 0 bridgehead atoms. The first-order chi connectivity index (χ1) is 14.0. The topological polar surface area (TPSA) is 79.7 Å². The zero-order valence-corrected chi connectivity index (χ0v) is 16.3. The number of hydrogen-bond acceptors (Lipinski definition) is 3. The number of carbonyl (C=O) groups excluding carboxylic acids is 1. The molecule has 0 radical (unpaired) electrons. The van der Waals surface area contributed by atoms with E-state index in [1.807, 2.05) is 41.1 Å². The third-order valence-corrected chi connectivity index (χ3v) is 6.30. The molecule has 0 aliphatic heterocycles. The van der Waals surface area contributed by atoms with Crippen LogP contribution in [0.5, 0.6) is 0 Å². The smallest absolute Gasteiger partial charge is 0.319 e. The molecule has 2 amide bonds. The molecule has 0 fully saturated rings. The van der Waals surface area contributed by atoms with Gasteiger partial charge < -0.3 is 15.0 Å². The Balaban J connectivity index is 1.38. The molecule has 4 rings (SSSR count). The highest BCUT2D eigenvalue weighted by atomic mass is 32.2. The van der Waals surface area contributed by atoms with E-state index >= 15 is 0 Å². The molecule has 0 saturated carbocycles. The van der Waals surface area contributed by atoms with Gasteiger partial charge in [-0.2, -0.15) is 0 Å². The number of anilines is 1. The number of aromatic nitrogens is 1. The van der Waals surface area contributed by atoms with Crippen LogP contribution in [0.3, 0.4) is 0 Å². The first-order valence-corrected chi connectivity index (χ1v) is 10.5. The van der Waals surface area contributed by atoms with Crippen molar-refractivity contribution in [3.05, 3.63) is 96.8 Å². The minimum atomic E-state index is -3.57. The molecule has 2 N–H and O–H groups in total. The number of amides is 2. The fourth-order valence-corrected chi connectivity index (χ4v) is 4.28. The number of hydrogen-bond donors (Lipinski definition) is 2. The van der Waals surface area contributed by atoms with E-state index in [-0.39, 0.29) is 15.8 Å². The van der Waals surface area contributed by atoms with Gasteiger partial charge in [-0.25, -0.2) is 13.2 Å². The molecule has 0 unspecified atom stereocenters. The molecular weight excluding hydrogens is 386 g/mol. The number of nitrogens with one attached hydrogen (secondary N) is 2. The van der Waals surface area contributed by atoms with E-state index in [9.17, 15) is 13.2 Å². The molecule has 29 heavy (non-hydrogen) atoms. The molecule has 0 spiro atoms. The lowest BCUT2D eigenvalue weighted by Gasteiger charge is -2.09. The van der Waals surface area contributed by atoms with Gasteiger partial charge in [0.25, 0.3) is 0 Å². The molecule has 2 heterocycles. The summed E-state index contributed by atoms with van der Waals surface area (Å²) in [7, 11) is -3.57. The molecule has 4 aromatic rings. The van der Waals surface area contributed by atoms with Gasteiger partial charge >= 0.3 is 6.03 Å². The fourth-order valence-electron chi connectivity index (χ4n) is 3.00. The summed E-state index contributed by atoms with van der Waals surface area (Å²) in [4.78, 5) is 12.6. The zero-order valence-electron chi connectivity index (χ0n) is 15.4. The van der Waals surface area contributed by atoms with Crippen LogP contribution in [0, 0.1) is 0 Å². The van der Waals surface area contributed by atoms with Crippen LogP contribution in [-0.2, 0) is 16.4 Å². The van der Waals surface area contributed by atoms with Gasteiger partial charge in [0.15, 0.2) is 0 Å². The van der Waals surface area contributed by atoms with Crippen molar-refractivity contribution in [3.63, 3.8) is 0 Å². The number of sulfone groups is 1. The van der Waals surface area contributed by atoms with Crippen LogP contribution in [0.4, 0.5) is 10.5 Å². The standard InChI is InChI=1S/C22H19N3O3S/c26-22(23-15-17-8-11-19-5-4-14-25(19)16-17)24-18-9-12-21(13-10-18)29(27,28)20-6-2-1-3-7-20/h1-14,16H,15H2,(H2,23,24,26). The van der Waals surface area contributed by atoms with Gasteiger partial charge in [0, 0.05) is 30.1 Å². The van der Waals surface area contributed by atoms with Gasteiger partial charge in [0.2, 0.25) is 9.84 Å². The van der Waals surface area contributed by atoms with E-state index < -0.39 is 9.84 Å². The van der Waals surface area contributed by atoms with E-state index in [1.165, 1.54) is 12.1 Å². The second-order valence-corrected chi connectivity index (χ2v) is 8.48. The summed E-state index contributed by atoms with van der Waals surface area (Å²) in [6.45, 7) is 0.375. The number of benzene rings is 2. The Morgan fingerprint density at radius 3 is 2.31 bits per heavy atom. The third kappa shape index (κ3) is 4.14. The summed E-state index contributed by atoms with van der Waals surface area (Å²) in [6.07, 6.45) is 3.91. The Bertz CT molecular complexity index is 1250. The summed E-state index contributed by atoms with van der Waals surface area (Å²) in [6, 6.07) is 21.9. The molecule has 0 aliphatic carbocycles. The van der Waals surface area contributed by atoms with E-state index in [1.54, 1.807) is 42.5 Å². The van der Waals surface area contributed by atoms with Crippen LogP contribution in [-0.4, -0.2) is 18.8 Å². The van der Waals surface area contributed by atoms with E-state index in [4.69, 9.17) is 0 Å². The SMILES string of the molecule is O=C(NCc1ccc2cccn2c1)Nc1ccc(S(=O)(=O)c2ccccc2)cc1. The molecule has 0 atom stereocenters. The monoisotopic (exact) mass is 405 g/mol. The maximum absolute atomic E-state index is 12.6. The number of fused-ring (bicyclic) bond motifs is 1. The van der Waals surface area contributed by atoms with Gasteiger partial charge in [-0.3, -0.25) is 0 Å². The van der Waals surface area contributed by atoms with E-state index in [0.717, 1.165) is 11.1 Å². The van der Waals surface area contributed by atoms with Crippen molar-refractivity contribution in [1.82, 2.24) is 9.72 Å². The molecule has 0 saturated heterocycles. The van der Waals surface area contributed by atoms with Crippen LogP contribution in [0.15, 0.2) is 101 Å². The van der Waals surface area contributed by atoms with Gasteiger partial charge in [0.1, 0.15) is 0 Å². The van der Waals surface area contributed by atoms with Crippen molar-refractivity contribution in [3.8, 4) is 0 Å².